The third-order valence-corrected chi connectivity index (χ3v) is 4.81. The number of imidazole rings is 1. The number of aryl methyl sites for hydroxylation is 1. The molecule has 1 aromatic heterocycles. The average Bonchev–Trinajstić information content (AvgIpc) is 3.02. The van der Waals surface area contributed by atoms with Crippen LogP contribution in [0.15, 0.2) is 24.5 Å². The second-order valence-corrected chi connectivity index (χ2v) is 6.76. The molecule has 0 saturated heterocycles. The number of ether oxygens (including phenoxy) is 2. The number of fused-ring (bicyclic) bond motifs is 2. The molecule has 0 aliphatic carbocycles. The van der Waals surface area contributed by atoms with Gasteiger partial charge in [0, 0.05) is 49.6 Å². The van der Waals surface area contributed by atoms with E-state index in [0.717, 1.165) is 42.8 Å². The van der Waals surface area contributed by atoms with Crippen LogP contribution in [0.5, 0.6) is 5.75 Å². The first-order valence-corrected chi connectivity index (χ1v) is 8.39. The first-order valence-electron chi connectivity index (χ1n) is 8.39. The zero-order valence-electron chi connectivity index (χ0n) is 13.9. The van der Waals surface area contributed by atoms with Crippen LogP contribution in [-0.4, -0.2) is 34.8 Å². The van der Waals surface area contributed by atoms with Gasteiger partial charge in [0.15, 0.2) is 6.79 Å². The maximum Gasteiger partial charge on any atom is 0.189 e. The minimum Gasteiger partial charge on any atom is -0.467 e. The van der Waals surface area contributed by atoms with Gasteiger partial charge in [0.1, 0.15) is 17.4 Å². The molecular weight excluding hydrogens is 309 g/mol. The summed E-state index contributed by atoms with van der Waals surface area (Å²) in [6, 6.07) is 3.08. The Balaban J connectivity index is 1.43. The molecule has 5 nitrogen and oxygen atoms in total. The largest absolute Gasteiger partial charge is 0.467 e. The number of halogens is 1. The van der Waals surface area contributed by atoms with E-state index in [0.29, 0.717) is 19.1 Å². The van der Waals surface area contributed by atoms with Crippen LogP contribution in [-0.2, 0) is 30.9 Å². The van der Waals surface area contributed by atoms with Gasteiger partial charge in [0.2, 0.25) is 0 Å². The molecule has 6 heteroatoms. The summed E-state index contributed by atoms with van der Waals surface area (Å²) in [5.74, 6) is 2.31. The summed E-state index contributed by atoms with van der Waals surface area (Å²) in [6.45, 7) is 3.32. The van der Waals surface area contributed by atoms with Crippen molar-refractivity contribution in [2.75, 3.05) is 20.4 Å². The van der Waals surface area contributed by atoms with Crippen LogP contribution in [0.1, 0.15) is 23.4 Å². The highest BCUT2D eigenvalue weighted by atomic mass is 19.1. The lowest BCUT2D eigenvalue weighted by atomic mass is 9.97. The Labute approximate surface area is 141 Å². The van der Waals surface area contributed by atoms with E-state index >= 15 is 0 Å². The second kappa shape index (κ2) is 6.53. The SMILES string of the molecule is CN(Cc1cc(F)cc2c1OCOC2)C[C@H]1CCn2ccnc2C1. The topological polar surface area (TPSA) is 39.5 Å². The molecule has 128 valence electrons. The molecule has 0 unspecified atom stereocenters. The summed E-state index contributed by atoms with van der Waals surface area (Å²) in [5, 5.41) is 0. The molecule has 2 aromatic rings. The highest BCUT2D eigenvalue weighted by molar-refractivity contribution is 5.42. The van der Waals surface area contributed by atoms with Crippen LogP contribution in [0.3, 0.4) is 0 Å². The van der Waals surface area contributed by atoms with Gasteiger partial charge in [0.25, 0.3) is 0 Å². The van der Waals surface area contributed by atoms with E-state index in [1.54, 1.807) is 6.07 Å². The van der Waals surface area contributed by atoms with Crippen molar-refractivity contribution in [2.24, 2.45) is 5.92 Å². The van der Waals surface area contributed by atoms with Gasteiger partial charge < -0.3 is 18.9 Å². The summed E-state index contributed by atoms with van der Waals surface area (Å²) in [6.07, 6.45) is 6.08. The van der Waals surface area contributed by atoms with E-state index in [2.05, 4.69) is 21.5 Å². The molecule has 1 atom stereocenters. The van der Waals surface area contributed by atoms with E-state index in [4.69, 9.17) is 9.47 Å². The molecule has 2 aliphatic heterocycles. The minimum absolute atomic E-state index is 0.231. The van der Waals surface area contributed by atoms with Crippen molar-refractivity contribution in [1.29, 1.82) is 0 Å². The van der Waals surface area contributed by atoms with Gasteiger partial charge in [-0.2, -0.15) is 0 Å². The Morgan fingerprint density at radius 2 is 2.33 bits per heavy atom. The zero-order chi connectivity index (χ0) is 16.5. The number of rotatable bonds is 4. The average molecular weight is 331 g/mol. The molecule has 0 radical (unpaired) electrons. The predicted molar refractivity (Wildman–Crippen MR) is 87.1 cm³/mol. The fourth-order valence-electron chi connectivity index (χ4n) is 3.74. The third-order valence-electron chi connectivity index (χ3n) is 4.81. The Bertz CT molecular complexity index is 731. The quantitative estimate of drug-likeness (QED) is 0.863. The van der Waals surface area contributed by atoms with Gasteiger partial charge in [-0.25, -0.2) is 9.37 Å². The summed E-state index contributed by atoms with van der Waals surface area (Å²) in [5.41, 5.74) is 1.69. The molecule has 0 spiro atoms. The summed E-state index contributed by atoms with van der Waals surface area (Å²) < 4.78 is 26.9. The zero-order valence-corrected chi connectivity index (χ0v) is 13.9. The van der Waals surface area contributed by atoms with Crippen LogP contribution in [0.4, 0.5) is 4.39 Å². The lowest BCUT2D eigenvalue weighted by Gasteiger charge is -2.29. The van der Waals surface area contributed by atoms with Crippen molar-refractivity contribution in [1.82, 2.24) is 14.5 Å². The number of hydrogen-bond acceptors (Lipinski definition) is 4. The van der Waals surface area contributed by atoms with E-state index in [9.17, 15) is 4.39 Å². The molecule has 0 N–H and O–H groups in total. The number of aromatic nitrogens is 2. The molecule has 0 amide bonds. The predicted octanol–water partition coefficient (Wildman–Crippen LogP) is 2.58. The summed E-state index contributed by atoms with van der Waals surface area (Å²) in [4.78, 5) is 6.68. The van der Waals surface area contributed by atoms with Gasteiger partial charge in [-0.15, -0.1) is 0 Å². The molecule has 4 rings (SSSR count). The molecule has 24 heavy (non-hydrogen) atoms. The molecular formula is C18H22FN3O2. The van der Waals surface area contributed by atoms with Crippen molar-refractivity contribution >= 4 is 0 Å². The van der Waals surface area contributed by atoms with Crippen LogP contribution in [0.25, 0.3) is 0 Å². The van der Waals surface area contributed by atoms with Gasteiger partial charge >= 0.3 is 0 Å². The Kier molecular flexibility index (Phi) is 4.24. The van der Waals surface area contributed by atoms with Crippen molar-refractivity contribution in [2.45, 2.75) is 32.5 Å². The standard InChI is InChI=1S/C18H22FN3O2/c1-21(9-13-2-4-22-5-3-20-17(22)6-13)10-14-7-16(19)8-15-11-23-12-24-18(14)15/h3,5,7-8,13H,2,4,6,9-12H2,1H3/t13-/m0/s1. The number of hydrogen-bond donors (Lipinski definition) is 0. The van der Waals surface area contributed by atoms with Gasteiger partial charge in [-0.1, -0.05) is 0 Å². The van der Waals surface area contributed by atoms with Crippen LogP contribution in [0.2, 0.25) is 0 Å². The fourth-order valence-corrected chi connectivity index (χ4v) is 3.74. The first kappa shape index (κ1) is 15.6. The minimum atomic E-state index is -0.231. The smallest absolute Gasteiger partial charge is 0.189 e. The normalized spacial score (nSPS) is 19.7. The first-order chi connectivity index (χ1) is 11.7. The van der Waals surface area contributed by atoms with E-state index in [1.807, 2.05) is 12.4 Å². The highest BCUT2D eigenvalue weighted by Crippen LogP contribution is 2.30. The van der Waals surface area contributed by atoms with E-state index < -0.39 is 0 Å². The molecule has 0 bridgehead atoms. The van der Waals surface area contributed by atoms with Crippen LogP contribution >= 0.6 is 0 Å². The van der Waals surface area contributed by atoms with Crippen LogP contribution in [0, 0.1) is 11.7 Å². The Morgan fingerprint density at radius 1 is 1.42 bits per heavy atom. The second-order valence-electron chi connectivity index (χ2n) is 6.76. The summed E-state index contributed by atoms with van der Waals surface area (Å²) >= 11 is 0. The highest BCUT2D eigenvalue weighted by Gasteiger charge is 2.22. The lowest BCUT2D eigenvalue weighted by molar-refractivity contribution is -0.0176. The van der Waals surface area contributed by atoms with Crippen molar-refractivity contribution in [3.05, 3.63) is 47.3 Å². The van der Waals surface area contributed by atoms with Crippen molar-refractivity contribution < 1.29 is 13.9 Å². The third kappa shape index (κ3) is 3.16. The molecule has 2 aliphatic rings. The maximum atomic E-state index is 13.9. The number of benzene rings is 1. The molecule has 1 aromatic carbocycles. The number of nitrogens with zero attached hydrogens (tertiary/aromatic N) is 3. The van der Waals surface area contributed by atoms with Crippen molar-refractivity contribution in [3.8, 4) is 5.75 Å². The van der Waals surface area contributed by atoms with E-state index in [-0.39, 0.29) is 12.6 Å². The fraction of sp³-hybridized carbons (Fsp3) is 0.500. The monoisotopic (exact) mass is 331 g/mol. The molecule has 0 saturated carbocycles. The molecule has 0 fully saturated rings. The van der Waals surface area contributed by atoms with Gasteiger partial charge in [0.05, 0.1) is 6.61 Å². The van der Waals surface area contributed by atoms with Crippen molar-refractivity contribution in [3.63, 3.8) is 0 Å². The van der Waals surface area contributed by atoms with Gasteiger partial charge in [-0.3, -0.25) is 0 Å². The Morgan fingerprint density at radius 3 is 3.25 bits per heavy atom. The summed E-state index contributed by atoms with van der Waals surface area (Å²) in [7, 11) is 2.08. The van der Waals surface area contributed by atoms with Crippen LogP contribution < -0.4 is 4.74 Å². The molecule has 3 heterocycles. The van der Waals surface area contributed by atoms with Gasteiger partial charge in [-0.05, 0) is 31.5 Å². The Hall–Kier alpha value is -1.92. The van der Waals surface area contributed by atoms with E-state index in [1.165, 1.54) is 11.9 Å². The maximum absolute atomic E-state index is 13.9. The lowest BCUT2D eigenvalue weighted by Crippen LogP contribution is -2.31.